The highest BCUT2D eigenvalue weighted by atomic mass is 35.5. The second-order valence-corrected chi connectivity index (χ2v) is 8.98. The molecule has 7 nitrogen and oxygen atoms in total. The van der Waals surface area contributed by atoms with Crippen LogP contribution in [0.5, 0.6) is 5.75 Å². The van der Waals surface area contributed by atoms with Crippen molar-refractivity contribution < 1.29 is 9.53 Å². The Bertz CT molecular complexity index is 1160. The van der Waals surface area contributed by atoms with Gasteiger partial charge in [-0.1, -0.05) is 54.1 Å². The van der Waals surface area contributed by atoms with E-state index in [9.17, 15) is 4.79 Å². The van der Waals surface area contributed by atoms with Crippen LogP contribution in [-0.2, 0) is 11.4 Å². The Morgan fingerprint density at radius 1 is 1.06 bits per heavy atom. The first-order chi connectivity index (χ1) is 17.6. The first-order valence-corrected chi connectivity index (χ1v) is 12.6. The molecule has 3 aromatic carbocycles. The number of carbonyl (C=O) groups excluding carboxylic acids is 1. The number of hydrogen-bond donors (Lipinski definition) is 3. The number of benzene rings is 3. The Balaban J connectivity index is 1.24. The molecule has 2 unspecified atom stereocenters. The van der Waals surface area contributed by atoms with Gasteiger partial charge in [0.2, 0.25) is 0 Å². The Hall–Kier alpha value is -3.39. The third-order valence-corrected chi connectivity index (χ3v) is 6.63. The normalized spacial score (nSPS) is 17.3. The molecule has 1 saturated heterocycles. The van der Waals surface area contributed by atoms with Crippen molar-refractivity contribution in [2.75, 3.05) is 18.0 Å². The monoisotopic (exact) mass is 505 g/mol. The predicted molar refractivity (Wildman–Crippen MR) is 145 cm³/mol. The van der Waals surface area contributed by atoms with E-state index < -0.39 is 0 Å². The number of nitrogens with zero attached hydrogens (tertiary/aromatic N) is 2. The van der Waals surface area contributed by atoms with Crippen molar-refractivity contribution in [3.63, 3.8) is 0 Å². The topological polar surface area (TPSA) is 78.0 Å². The number of ether oxygens (including phenoxy) is 1. The Morgan fingerprint density at radius 3 is 2.47 bits per heavy atom. The van der Waals surface area contributed by atoms with E-state index in [4.69, 9.17) is 16.3 Å². The highest BCUT2D eigenvalue weighted by Gasteiger charge is 2.30. The maximum atomic E-state index is 12.6. The summed E-state index contributed by atoms with van der Waals surface area (Å²) >= 11 is 6.19. The summed E-state index contributed by atoms with van der Waals surface area (Å²) in [6.45, 7) is 6.61. The Labute approximate surface area is 217 Å². The molecule has 0 saturated carbocycles. The summed E-state index contributed by atoms with van der Waals surface area (Å²) in [5.74, 6) is 0.582. The van der Waals surface area contributed by atoms with E-state index in [1.165, 1.54) is 5.69 Å². The molecule has 1 fully saturated rings. The molecule has 4 rings (SSSR count). The summed E-state index contributed by atoms with van der Waals surface area (Å²) < 4.78 is 5.86. The van der Waals surface area contributed by atoms with Crippen LogP contribution in [-0.4, -0.2) is 31.3 Å². The highest BCUT2D eigenvalue weighted by molar-refractivity contribution is 6.31. The molecule has 36 heavy (non-hydrogen) atoms. The molecule has 0 radical (unpaired) electrons. The van der Waals surface area contributed by atoms with Gasteiger partial charge in [0.1, 0.15) is 18.4 Å². The standard InChI is InChI=1S/C28H32ClN5O2/c1-3-34(4-2)23-13-9-20(10-14-23)18-30-33-28(35)27-17-26(31-32-27)21-11-15-24(16-12-21)36-19-22-7-5-6-8-25(22)29/h5-16,18,26-27,31-32H,3-4,17,19H2,1-2H3,(H,33,35)/b30-18+. The molecule has 2 atom stereocenters. The lowest BCUT2D eigenvalue weighted by Crippen LogP contribution is -2.41. The zero-order chi connectivity index (χ0) is 25.3. The fourth-order valence-corrected chi connectivity index (χ4v) is 4.32. The summed E-state index contributed by atoms with van der Waals surface area (Å²) in [4.78, 5) is 14.8. The summed E-state index contributed by atoms with van der Waals surface area (Å²) in [6, 6.07) is 23.2. The number of anilines is 1. The maximum Gasteiger partial charge on any atom is 0.258 e. The van der Waals surface area contributed by atoms with Crippen molar-refractivity contribution in [1.82, 2.24) is 16.3 Å². The van der Waals surface area contributed by atoms with Crippen LogP contribution in [0.3, 0.4) is 0 Å². The van der Waals surface area contributed by atoms with Gasteiger partial charge < -0.3 is 9.64 Å². The highest BCUT2D eigenvalue weighted by Crippen LogP contribution is 2.25. The largest absolute Gasteiger partial charge is 0.489 e. The van der Waals surface area contributed by atoms with Crippen LogP contribution in [0.25, 0.3) is 0 Å². The minimum atomic E-state index is -0.381. The lowest BCUT2D eigenvalue weighted by molar-refractivity contribution is -0.122. The van der Waals surface area contributed by atoms with E-state index in [1.54, 1.807) is 6.21 Å². The fraction of sp³-hybridized carbons (Fsp3) is 0.286. The maximum absolute atomic E-state index is 12.6. The average molecular weight is 506 g/mol. The molecule has 1 aliphatic rings. The Morgan fingerprint density at radius 2 is 1.78 bits per heavy atom. The van der Waals surface area contributed by atoms with Gasteiger partial charge in [0.25, 0.3) is 5.91 Å². The molecular formula is C28H32ClN5O2. The second kappa shape index (κ2) is 12.5. The van der Waals surface area contributed by atoms with E-state index >= 15 is 0 Å². The molecule has 0 spiro atoms. The average Bonchev–Trinajstić information content (AvgIpc) is 3.41. The number of nitrogens with one attached hydrogen (secondary N) is 3. The van der Waals surface area contributed by atoms with Gasteiger partial charge in [-0.3, -0.25) is 4.79 Å². The van der Waals surface area contributed by atoms with Crippen LogP contribution in [0.2, 0.25) is 5.02 Å². The van der Waals surface area contributed by atoms with E-state index in [0.717, 1.165) is 35.5 Å². The second-order valence-electron chi connectivity index (χ2n) is 8.58. The number of carbonyl (C=O) groups is 1. The smallest absolute Gasteiger partial charge is 0.258 e. The van der Waals surface area contributed by atoms with Crippen LogP contribution >= 0.6 is 11.6 Å². The molecular weight excluding hydrogens is 474 g/mol. The molecule has 3 N–H and O–H groups in total. The number of hydrazine groups is 1. The van der Waals surface area contributed by atoms with Crippen LogP contribution in [0.15, 0.2) is 77.9 Å². The van der Waals surface area contributed by atoms with Gasteiger partial charge in [0.15, 0.2) is 0 Å². The lowest BCUT2D eigenvalue weighted by Gasteiger charge is -2.20. The minimum absolute atomic E-state index is 0.00923. The fourth-order valence-electron chi connectivity index (χ4n) is 4.13. The molecule has 3 aromatic rings. The van der Waals surface area contributed by atoms with Gasteiger partial charge >= 0.3 is 0 Å². The van der Waals surface area contributed by atoms with Crippen molar-refractivity contribution in [2.45, 2.75) is 39.0 Å². The zero-order valence-electron chi connectivity index (χ0n) is 20.6. The van der Waals surface area contributed by atoms with Crippen molar-refractivity contribution in [3.8, 4) is 5.75 Å². The summed E-state index contributed by atoms with van der Waals surface area (Å²) in [5.41, 5.74) is 13.0. The summed E-state index contributed by atoms with van der Waals surface area (Å²) in [5, 5.41) is 4.82. The molecule has 0 aromatic heterocycles. The van der Waals surface area contributed by atoms with Gasteiger partial charge in [-0.05, 0) is 61.7 Å². The quantitative estimate of drug-likeness (QED) is 0.272. The first-order valence-electron chi connectivity index (χ1n) is 12.2. The van der Waals surface area contributed by atoms with E-state index in [2.05, 4.69) is 52.3 Å². The van der Waals surface area contributed by atoms with Crippen LogP contribution in [0.1, 0.15) is 43.0 Å². The van der Waals surface area contributed by atoms with Gasteiger partial charge in [-0.15, -0.1) is 0 Å². The predicted octanol–water partition coefficient (Wildman–Crippen LogP) is 4.82. The molecule has 0 aliphatic carbocycles. The number of amides is 1. The van der Waals surface area contributed by atoms with Crippen molar-refractivity contribution in [2.24, 2.45) is 5.10 Å². The third-order valence-electron chi connectivity index (χ3n) is 6.26. The van der Waals surface area contributed by atoms with Gasteiger partial charge in [0.05, 0.1) is 6.21 Å². The van der Waals surface area contributed by atoms with Crippen molar-refractivity contribution in [1.29, 1.82) is 0 Å². The van der Waals surface area contributed by atoms with Crippen LogP contribution < -0.4 is 25.9 Å². The number of hydrogen-bond acceptors (Lipinski definition) is 6. The number of rotatable bonds is 10. The Kier molecular flexibility index (Phi) is 8.95. The van der Waals surface area contributed by atoms with Gasteiger partial charge in [0, 0.05) is 35.4 Å². The molecule has 1 aliphatic heterocycles. The molecule has 188 valence electrons. The zero-order valence-corrected chi connectivity index (χ0v) is 21.3. The van der Waals surface area contributed by atoms with Gasteiger partial charge in [-0.2, -0.15) is 5.10 Å². The van der Waals surface area contributed by atoms with Crippen LogP contribution in [0, 0.1) is 0 Å². The van der Waals surface area contributed by atoms with E-state index in [-0.39, 0.29) is 18.0 Å². The van der Waals surface area contributed by atoms with Crippen molar-refractivity contribution >= 4 is 29.4 Å². The molecule has 0 bridgehead atoms. The lowest BCUT2D eigenvalue weighted by atomic mass is 10.0. The van der Waals surface area contributed by atoms with E-state index in [1.807, 2.05) is 60.7 Å². The molecule has 8 heteroatoms. The third kappa shape index (κ3) is 6.63. The van der Waals surface area contributed by atoms with Crippen molar-refractivity contribution in [3.05, 3.63) is 94.5 Å². The first kappa shape index (κ1) is 25.7. The molecule has 1 heterocycles. The summed E-state index contributed by atoms with van der Waals surface area (Å²) in [7, 11) is 0. The van der Waals surface area contributed by atoms with Crippen LogP contribution in [0.4, 0.5) is 5.69 Å². The SMILES string of the molecule is CCN(CC)c1ccc(/C=N/NC(=O)C2CC(c3ccc(OCc4ccccc4Cl)cc3)NN2)cc1. The molecule has 1 amide bonds. The number of hydrazone groups is 1. The van der Waals surface area contributed by atoms with Gasteiger partial charge in [-0.25, -0.2) is 16.3 Å². The number of halogens is 1. The van der Waals surface area contributed by atoms with E-state index in [0.29, 0.717) is 18.1 Å². The summed E-state index contributed by atoms with van der Waals surface area (Å²) in [6.07, 6.45) is 2.27. The minimum Gasteiger partial charge on any atom is -0.489 e.